The number of ether oxygens (including phenoxy) is 1. The average Bonchev–Trinajstić information content (AvgIpc) is 2.54. The maximum atomic E-state index is 12.1. The molecule has 0 radical (unpaired) electrons. The number of alkyl halides is 3. The summed E-state index contributed by atoms with van der Waals surface area (Å²) in [5.74, 6) is -0.358. The van der Waals surface area contributed by atoms with Gasteiger partial charge in [0.05, 0.1) is 11.0 Å². The van der Waals surface area contributed by atoms with E-state index in [-0.39, 0.29) is 11.4 Å². The molecule has 2 aromatic rings. The quantitative estimate of drug-likeness (QED) is 0.604. The molecule has 1 atom stereocenters. The molecule has 0 unspecified atom stereocenters. The smallest absolute Gasteiger partial charge is 0.406 e. The van der Waals surface area contributed by atoms with E-state index >= 15 is 0 Å². The van der Waals surface area contributed by atoms with Gasteiger partial charge < -0.3 is 15.4 Å². The van der Waals surface area contributed by atoms with Crippen molar-refractivity contribution in [3.05, 3.63) is 64.2 Å². The molecule has 0 aliphatic heterocycles. The Labute approximate surface area is 145 Å². The minimum atomic E-state index is -4.77. The number of halogens is 3. The molecule has 0 aliphatic carbocycles. The zero-order valence-electron chi connectivity index (χ0n) is 13.4. The Balaban J connectivity index is 1.92. The van der Waals surface area contributed by atoms with E-state index in [1.54, 1.807) is 6.92 Å². The van der Waals surface area contributed by atoms with E-state index in [2.05, 4.69) is 15.4 Å². The summed E-state index contributed by atoms with van der Waals surface area (Å²) >= 11 is 0. The third-order valence-electron chi connectivity index (χ3n) is 3.30. The fraction of sp³-hybridized carbons (Fsp3) is 0.188. The Kier molecular flexibility index (Phi) is 5.65. The molecule has 0 aromatic heterocycles. The van der Waals surface area contributed by atoms with Crippen molar-refractivity contribution in [3.63, 3.8) is 0 Å². The summed E-state index contributed by atoms with van der Waals surface area (Å²) in [5, 5.41) is 15.7. The molecule has 0 heterocycles. The molecule has 10 heteroatoms. The second-order valence-corrected chi connectivity index (χ2v) is 5.24. The number of nitro benzene ring substituents is 1. The van der Waals surface area contributed by atoms with E-state index < -0.39 is 23.4 Å². The van der Waals surface area contributed by atoms with Gasteiger partial charge in [-0.2, -0.15) is 0 Å². The molecule has 0 bridgehead atoms. The van der Waals surface area contributed by atoms with Crippen LogP contribution in [-0.4, -0.2) is 17.3 Å². The maximum absolute atomic E-state index is 12.1. The Hall–Kier alpha value is -3.30. The highest BCUT2D eigenvalue weighted by Crippen LogP contribution is 2.24. The number of hydrogen-bond donors (Lipinski definition) is 2. The van der Waals surface area contributed by atoms with E-state index in [4.69, 9.17) is 0 Å². The monoisotopic (exact) mass is 369 g/mol. The van der Waals surface area contributed by atoms with Crippen LogP contribution in [0.4, 0.5) is 29.3 Å². The number of benzene rings is 2. The van der Waals surface area contributed by atoms with Crippen LogP contribution in [0.15, 0.2) is 48.5 Å². The van der Waals surface area contributed by atoms with E-state index in [1.807, 2.05) is 0 Å². The summed E-state index contributed by atoms with van der Waals surface area (Å²) in [6.07, 6.45) is -4.77. The second kappa shape index (κ2) is 7.72. The first kappa shape index (κ1) is 19.0. The van der Waals surface area contributed by atoms with Gasteiger partial charge in [-0.25, -0.2) is 4.79 Å². The van der Waals surface area contributed by atoms with Crippen molar-refractivity contribution >= 4 is 17.4 Å². The number of nitrogens with one attached hydrogen (secondary N) is 2. The fourth-order valence-corrected chi connectivity index (χ4v) is 2.07. The highest BCUT2D eigenvalue weighted by Gasteiger charge is 2.31. The zero-order valence-corrected chi connectivity index (χ0v) is 13.4. The molecule has 2 amide bonds. The van der Waals surface area contributed by atoms with E-state index in [9.17, 15) is 28.1 Å². The van der Waals surface area contributed by atoms with Gasteiger partial charge >= 0.3 is 12.4 Å². The van der Waals surface area contributed by atoms with Crippen LogP contribution in [0.5, 0.6) is 5.75 Å². The second-order valence-electron chi connectivity index (χ2n) is 5.24. The number of nitrogens with zero attached hydrogens (tertiary/aromatic N) is 1. The van der Waals surface area contributed by atoms with Gasteiger partial charge in [-0.15, -0.1) is 13.2 Å². The van der Waals surface area contributed by atoms with Gasteiger partial charge in [-0.1, -0.05) is 12.1 Å². The van der Waals surface area contributed by atoms with Crippen molar-refractivity contribution < 1.29 is 27.6 Å². The number of hydrogen-bond acceptors (Lipinski definition) is 4. The third kappa shape index (κ3) is 5.65. The largest absolute Gasteiger partial charge is 0.573 e. The van der Waals surface area contributed by atoms with Crippen molar-refractivity contribution in [2.75, 3.05) is 5.32 Å². The lowest BCUT2D eigenvalue weighted by atomic mass is 10.1. The Bertz CT molecular complexity index is 777. The van der Waals surface area contributed by atoms with Gasteiger partial charge in [0.15, 0.2) is 0 Å². The molecule has 26 heavy (non-hydrogen) atoms. The molecule has 0 saturated carbocycles. The molecule has 2 N–H and O–H groups in total. The normalized spacial score (nSPS) is 12.2. The molecule has 0 spiro atoms. The highest BCUT2D eigenvalue weighted by molar-refractivity contribution is 5.89. The van der Waals surface area contributed by atoms with Crippen molar-refractivity contribution in [1.29, 1.82) is 0 Å². The SMILES string of the molecule is C[C@H](NC(=O)Nc1ccc([N+](=O)[O-])cc1)c1ccc(OC(F)(F)F)cc1. The molecule has 2 rings (SSSR count). The van der Waals surface area contributed by atoms with Crippen molar-refractivity contribution in [2.24, 2.45) is 0 Å². The number of nitro groups is 1. The minimum Gasteiger partial charge on any atom is -0.406 e. The molecule has 0 aliphatic rings. The van der Waals surface area contributed by atoms with E-state index in [0.717, 1.165) is 12.1 Å². The minimum absolute atomic E-state index is 0.106. The summed E-state index contributed by atoms with van der Waals surface area (Å²) in [7, 11) is 0. The number of carbonyl (C=O) groups excluding carboxylic acids is 1. The van der Waals surface area contributed by atoms with Crippen LogP contribution in [0.25, 0.3) is 0 Å². The van der Waals surface area contributed by atoms with Crippen LogP contribution in [0.1, 0.15) is 18.5 Å². The predicted molar refractivity (Wildman–Crippen MR) is 86.8 cm³/mol. The van der Waals surface area contributed by atoms with Gasteiger partial charge in [-0.05, 0) is 36.8 Å². The summed E-state index contributed by atoms with van der Waals surface area (Å²) in [4.78, 5) is 22.0. The number of anilines is 1. The lowest BCUT2D eigenvalue weighted by molar-refractivity contribution is -0.384. The molecule has 0 fully saturated rings. The van der Waals surface area contributed by atoms with Crippen LogP contribution >= 0.6 is 0 Å². The number of non-ortho nitro benzene ring substituents is 1. The van der Waals surface area contributed by atoms with Crippen molar-refractivity contribution in [2.45, 2.75) is 19.3 Å². The first-order valence-corrected chi connectivity index (χ1v) is 7.32. The van der Waals surface area contributed by atoms with Gasteiger partial charge in [0.25, 0.3) is 5.69 Å². The lowest BCUT2D eigenvalue weighted by Gasteiger charge is -2.16. The Morgan fingerprint density at radius 2 is 1.69 bits per heavy atom. The van der Waals surface area contributed by atoms with Crippen LogP contribution in [0.3, 0.4) is 0 Å². The van der Waals surface area contributed by atoms with Crippen molar-refractivity contribution in [3.8, 4) is 5.75 Å². The number of urea groups is 1. The topological polar surface area (TPSA) is 93.5 Å². The first-order valence-electron chi connectivity index (χ1n) is 7.32. The summed E-state index contributed by atoms with van der Waals surface area (Å²) in [6.45, 7) is 1.65. The molecular weight excluding hydrogens is 355 g/mol. The fourth-order valence-electron chi connectivity index (χ4n) is 2.07. The zero-order chi connectivity index (χ0) is 19.3. The predicted octanol–water partition coefficient (Wildman–Crippen LogP) is 4.38. The Morgan fingerprint density at radius 3 is 2.19 bits per heavy atom. The molecule has 2 aromatic carbocycles. The molecule has 0 saturated heterocycles. The lowest BCUT2D eigenvalue weighted by Crippen LogP contribution is -2.31. The first-order chi connectivity index (χ1) is 12.1. The van der Waals surface area contributed by atoms with E-state index in [1.165, 1.54) is 36.4 Å². The van der Waals surface area contributed by atoms with Gasteiger partial charge in [0.1, 0.15) is 5.75 Å². The maximum Gasteiger partial charge on any atom is 0.573 e. The van der Waals surface area contributed by atoms with Crippen LogP contribution in [0, 0.1) is 10.1 Å². The van der Waals surface area contributed by atoms with Gasteiger partial charge in [0, 0.05) is 17.8 Å². The van der Waals surface area contributed by atoms with Crippen LogP contribution in [0.2, 0.25) is 0 Å². The molecule has 7 nitrogen and oxygen atoms in total. The standard InChI is InChI=1S/C16H14F3N3O4/c1-10(11-2-8-14(9-3-11)26-16(17,18)19)20-15(23)21-12-4-6-13(7-5-12)22(24)25/h2-10H,1H3,(H2,20,21,23)/t10-/m0/s1. The Morgan fingerprint density at radius 1 is 1.12 bits per heavy atom. The van der Waals surface area contributed by atoms with Crippen LogP contribution < -0.4 is 15.4 Å². The van der Waals surface area contributed by atoms with E-state index in [0.29, 0.717) is 11.3 Å². The number of rotatable bonds is 5. The summed E-state index contributed by atoms with van der Waals surface area (Å²) < 4.78 is 40.1. The molecule has 138 valence electrons. The van der Waals surface area contributed by atoms with Crippen molar-refractivity contribution in [1.82, 2.24) is 5.32 Å². The number of amides is 2. The van der Waals surface area contributed by atoms with Crippen LogP contribution in [-0.2, 0) is 0 Å². The molecular formula is C16H14F3N3O4. The highest BCUT2D eigenvalue weighted by atomic mass is 19.4. The summed E-state index contributed by atoms with van der Waals surface area (Å²) in [5.41, 5.74) is 0.818. The summed E-state index contributed by atoms with van der Waals surface area (Å²) in [6, 6.07) is 9.30. The third-order valence-corrected chi connectivity index (χ3v) is 3.30. The van der Waals surface area contributed by atoms with Gasteiger partial charge in [0.2, 0.25) is 0 Å². The number of carbonyl (C=O) groups is 1. The van der Waals surface area contributed by atoms with Gasteiger partial charge in [-0.3, -0.25) is 10.1 Å². The average molecular weight is 369 g/mol.